The van der Waals surface area contributed by atoms with Crippen LogP contribution in [0.25, 0.3) is 0 Å². The van der Waals surface area contributed by atoms with Gasteiger partial charge in [0.2, 0.25) is 0 Å². The number of aliphatic carboxylic acids is 1. The molecule has 0 saturated heterocycles. The van der Waals surface area contributed by atoms with Crippen molar-refractivity contribution in [3.05, 3.63) is 64.7 Å². The zero-order chi connectivity index (χ0) is 19.8. The van der Waals surface area contributed by atoms with Gasteiger partial charge in [0, 0.05) is 11.4 Å². The van der Waals surface area contributed by atoms with E-state index in [0.29, 0.717) is 10.9 Å². The number of hydrogen-bond donors (Lipinski definition) is 1. The maximum absolute atomic E-state index is 10.6. The van der Waals surface area contributed by atoms with E-state index < -0.39 is 5.97 Å². The Labute approximate surface area is 172 Å². The summed E-state index contributed by atoms with van der Waals surface area (Å²) < 4.78 is 6.24. The highest BCUT2D eigenvalue weighted by Gasteiger charge is 2.23. The van der Waals surface area contributed by atoms with E-state index >= 15 is 0 Å². The molecule has 1 N–H and O–H groups in total. The molecule has 2 aromatic rings. The van der Waals surface area contributed by atoms with Crippen LogP contribution in [0.2, 0.25) is 5.02 Å². The molecule has 1 fully saturated rings. The van der Waals surface area contributed by atoms with Crippen molar-refractivity contribution >= 4 is 17.6 Å². The van der Waals surface area contributed by atoms with Gasteiger partial charge < -0.3 is 9.84 Å². The lowest BCUT2D eigenvalue weighted by Gasteiger charge is -2.22. The van der Waals surface area contributed by atoms with Crippen LogP contribution >= 0.6 is 11.6 Å². The molecular formula is C24H29ClO3. The van der Waals surface area contributed by atoms with E-state index in [0.717, 1.165) is 37.9 Å². The molecule has 0 spiro atoms. The van der Waals surface area contributed by atoms with Gasteiger partial charge in [0.1, 0.15) is 5.75 Å². The van der Waals surface area contributed by atoms with Crippen molar-refractivity contribution in [1.29, 1.82) is 0 Å². The molecule has 150 valence electrons. The Morgan fingerprint density at radius 3 is 2.61 bits per heavy atom. The van der Waals surface area contributed by atoms with Gasteiger partial charge in [0.15, 0.2) is 0 Å². The van der Waals surface area contributed by atoms with Crippen LogP contribution in [-0.4, -0.2) is 17.2 Å². The maximum Gasteiger partial charge on any atom is 0.303 e. The van der Waals surface area contributed by atoms with E-state index in [-0.39, 0.29) is 12.5 Å². The number of rotatable bonds is 8. The van der Waals surface area contributed by atoms with Gasteiger partial charge in [0.25, 0.3) is 0 Å². The lowest BCUT2D eigenvalue weighted by molar-refractivity contribution is -0.137. The third-order valence-electron chi connectivity index (χ3n) is 5.53. The summed E-state index contributed by atoms with van der Waals surface area (Å²) in [5.74, 6) is 0.667. The summed E-state index contributed by atoms with van der Waals surface area (Å²) >= 11 is 6.09. The lowest BCUT2D eigenvalue weighted by atomic mass is 9.90. The van der Waals surface area contributed by atoms with Gasteiger partial charge >= 0.3 is 5.97 Å². The smallest absolute Gasteiger partial charge is 0.303 e. The molecule has 28 heavy (non-hydrogen) atoms. The summed E-state index contributed by atoms with van der Waals surface area (Å²) in [6.07, 6.45) is 8.84. The topological polar surface area (TPSA) is 46.5 Å². The highest BCUT2D eigenvalue weighted by Crippen LogP contribution is 2.34. The molecule has 0 aromatic heterocycles. The Balaban J connectivity index is 1.56. The first kappa shape index (κ1) is 20.7. The van der Waals surface area contributed by atoms with Crippen LogP contribution in [0.5, 0.6) is 5.75 Å². The van der Waals surface area contributed by atoms with Crippen molar-refractivity contribution in [2.24, 2.45) is 0 Å². The summed E-state index contributed by atoms with van der Waals surface area (Å²) in [4.78, 5) is 10.6. The number of aryl methyl sites for hydroxylation is 1. The van der Waals surface area contributed by atoms with E-state index in [1.807, 2.05) is 24.3 Å². The lowest BCUT2D eigenvalue weighted by Crippen LogP contribution is -2.18. The van der Waals surface area contributed by atoms with E-state index in [9.17, 15) is 4.79 Å². The highest BCUT2D eigenvalue weighted by atomic mass is 35.5. The maximum atomic E-state index is 10.6. The van der Waals surface area contributed by atoms with Crippen molar-refractivity contribution in [2.75, 3.05) is 0 Å². The molecule has 1 aliphatic carbocycles. The SMILES string of the molecule is O=C(O)CCCCc1ccc(C2CCCCC(Oc3cccc(Cl)c3)C2)cc1. The first-order chi connectivity index (χ1) is 13.6. The Kier molecular flexibility index (Phi) is 7.79. The summed E-state index contributed by atoms with van der Waals surface area (Å²) in [6.45, 7) is 0. The average molecular weight is 401 g/mol. The molecule has 1 aliphatic rings. The summed E-state index contributed by atoms with van der Waals surface area (Å²) in [6, 6.07) is 16.6. The summed E-state index contributed by atoms with van der Waals surface area (Å²) in [5.41, 5.74) is 2.67. The quantitative estimate of drug-likeness (QED) is 0.399. The van der Waals surface area contributed by atoms with Crippen LogP contribution in [0.15, 0.2) is 48.5 Å². The fourth-order valence-corrected chi connectivity index (χ4v) is 4.20. The number of ether oxygens (including phenoxy) is 1. The Morgan fingerprint density at radius 1 is 1.07 bits per heavy atom. The largest absolute Gasteiger partial charge is 0.490 e. The van der Waals surface area contributed by atoms with Gasteiger partial charge in [-0.2, -0.15) is 0 Å². The molecule has 3 nitrogen and oxygen atoms in total. The highest BCUT2D eigenvalue weighted by molar-refractivity contribution is 6.30. The molecule has 0 amide bonds. The van der Waals surface area contributed by atoms with Crippen molar-refractivity contribution in [1.82, 2.24) is 0 Å². The monoisotopic (exact) mass is 400 g/mol. The van der Waals surface area contributed by atoms with Crippen molar-refractivity contribution in [3.63, 3.8) is 0 Å². The van der Waals surface area contributed by atoms with E-state index in [1.165, 1.54) is 30.4 Å². The van der Waals surface area contributed by atoms with Crippen LogP contribution in [0, 0.1) is 0 Å². The zero-order valence-electron chi connectivity index (χ0n) is 16.3. The first-order valence-corrected chi connectivity index (χ1v) is 10.7. The van der Waals surface area contributed by atoms with Gasteiger partial charge in [-0.05, 0) is 80.2 Å². The third-order valence-corrected chi connectivity index (χ3v) is 5.77. The van der Waals surface area contributed by atoms with Gasteiger partial charge in [-0.3, -0.25) is 4.79 Å². The Hall–Kier alpha value is -2.00. The molecule has 0 bridgehead atoms. The second-order valence-electron chi connectivity index (χ2n) is 7.76. The number of unbranched alkanes of at least 4 members (excludes halogenated alkanes) is 1. The van der Waals surface area contributed by atoms with Gasteiger partial charge in [-0.25, -0.2) is 0 Å². The van der Waals surface area contributed by atoms with Gasteiger partial charge in [-0.1, -0.05) is 48.4 Å². The van der Waals surface area contributed by atoms with Gasteiger partial charge in [0.05, 0.1) is 6.10 Å². The third kappa shape index (κ3) is 6.56. The van der Waals surface area contributed by atoms with Crippen LogP contribution in [0.1, 0.15) is 68.4 Å². The predicted molar refractivity (Wildman–Crippen MR) is 113 cm³/mol. The second-order valence-corrected chi connectivity index (χ2v) is 8.19. The van der Waals surface area contributed by atoms with Crippen LogP contribution in [-0.2, 0) is 11.2 Å². The number of hydrogen-bond acceptors (Lipinski definition) is 2. The number of carboxylic acids is 1. The minimum Gasteiger partial charge on any atom is -0.490 e. The summed E-state index contributed by atoms with van der Waals surface area (Å²) in [7, 11) is 0. The minimum atomic E-state index is -0.710. The molecule has 0 radical (unpaired) electrons. The average Bonchev–Trinajstić information content (AvgIpc) is 2.91. The number of carbonyl (C=O) groups is 1. The van der Waals surface area contributed by atoms with Crippen LogP contribution in [0.3, 0.4) is 0 Å². The van der Waals surface area contributed by atoms with E-state index in [4.69, 9.17) is 21.4 Å². The molecule has 0 aliphatic heterocycles. The molecule has 4 heteroatoms. The predicted octanol–water partition coefficient (Wildman–Crippen LogP) is 6.63. The number of halogens is 1. The van der Waals surface area contributed by atoms with E-state index in [2.05, 4.69) is 24.3 Å². The molecule has 0 heterocycles. The van der Waals surface area contributed by atoms with E-state index in [1.54, 1.807) is 0 Å². The first-order valence-electron chi connectivity index (χ1n) is 10.3. The number of carboxylic acid groups (broad SMARTS) is 1. The minimum absolute atomic E-state index is 0.224. The Morgan fingerprint density at radius 2 is 1.86 bits per heavy atom. The zero-order valence-corrected chi connectivity index (χ0v) is 17.0. The molecular weight excluding hydrogens is 372 g/mol. The fourth-order valence-electron chi connectivity index (χ4n) is 4.02. The standard InChI is InChI=1S/C24H29ClO3/c25-21-8-5-10-23(17-21)28-22-9-3-2-7-20(16-22)19-14-12-18(13-15-19)6-1-4-11-24(26)27/h5,8,10,12-15,17,20,22H,1-4,6-7,9,11,16H2,(H,26,27). The van der Waals surface area contributed by atoms with Crippen molar-refractivity contribution in [2.45, 2.75) is 69.8 Å². The summed E-state index contributed by atoms with van der Waals surface area (Å²) in [5, 5.41) is 9.44. The molecule has 2 aromatic carbocycles. The second kappa shape index (κ2) is 10.5. The number of benzene rings is 2. The van der Waals surface area contributed by atoms with Crippen molar-refractivity contribution in [3.8, 4) is 5.75 Å². The van der Waals surface area contributed by atoms with Crippen LogP contribution < -0.4 is 4.74 Å². The van der Waals surface area contributed by atoms with Gasteiger partial charge in [-0.15, -0.1) is 0 Å². The molecule has 2 unspecified atom stereocenters. The van der Waals surface area contributed by atoms with Crippen molar-refractivity contribution < 1.29 is 14.6 Å². The normalized spacial score (nSPS) is 19.8. The molecule has 2 atom stereocenters. The van der Waals surface area contributed by atoms with Crippen LogP contribution in [0.4, 0.5) is 0 Å². The Bertz CT molecular complexity index is 757. The molecule has 3 rings (SSSR count). The molecule has 1 saturated carbocycles. The fraction of sp³-hybridized carbons (Fsp3) is 0.458.